The van der Waals surface area contributed by atoms with Gasteiger partial charge in [0.1, 0.15) is 12.2 Å². The van der Waals surface area contributed by atoms with Crippen molar-refractivity contribution < 1.29 is 18.7 Å². The van der Waals surface area contributed by atoms with Gasteiger partial charge in [0.05, 0.1) is 17.3 Å². The van der Waals surface area contributed by atoms with Gasteiger partial charge in [-0.15, -0.1) is 0 Å². The zero-order chi connectivity index (χ0) is 24.1. The summed E-state index contributed by atoms with van der Waals surface area (Å²) in [5, 5.41) is 5.48. The molecule has 0 unspecified atom stereocenters. The van der Waals surface area contributed by atoms with Gasteiger partial charge < -0.3 is 13.9 Å². The molecule has 0 saturated heterocycles. The van der Waals surface area contributed by atoms with Gasteiger partial charge in [-0.05, 0) is 70.9 Å². The number of carbonyl (C=O) groups is 1. The van der Waals surface area contributed by atoms with Crippen molar-refractivity contribution in [2.75, 3.05) is 6.61 Å². The summed E-state index contributed by atoms with van der Waals surface area (Å²) in [6.07, 6.45) is 1.52. The van der Waals surface area contributed by atoms with Crippen LogP contribution in [0.15, 0.2) is 79.1 Å². The number of furan rings is 1. The van der Waals surface area contributed by atoms with Crippen LogP contribution in [0.5, 0.6) is 11.5 Å². The van der Waals surface area contributed by atoms with Crippen LogP contribution in [0.2, 0.25) is 5.02 Å². The summed E-state index contributed by atoms with van der Waals surface area (Å²) in [5.41, 5.74) is 4.68. The van der Waals surface area contributed by atoms with Crippen LogP contribution in [-0.4, -0.2) is 18.7 Å². The Morgan fingerprint density at radius 1 is 1.09 bits per heavy atom. The number of nitrogens with one attached hydrogen (secondary N) is 1. The van der Waals surface area contributed by atoms with Crippen LogP contribution >= 0.6 is 43.5 Å². The van der Waals surface area contributed by atoms with E-state index in [2.05, 4.69) is 42.4 Å². The molecule has 0 atom stereocenters. The predicted octanol–water partition coefficient (Wildman–Crippen LogP) is 7.35. The number of hydrogen-bond acceptors (Lipinski definition) is 5. The van der Waals surface area contributed by atoms with Crippen molar-refractivity contribution in [3.8, 4) is 11.5 Å². The largest absolute Gasteiger partial charge is 0.490 e. The van der Waals surface area contributed by atoms with Crippen molar-refractivity contribution in [2.45, 2.75) is 13.5 Å². The Morgan fingerprint density at radius 2 is 1.91 bits per heavy atom. The Labute approximate surface area is 218 Å². The van der Waals surface area contributed by atoms with Crippen molar-refractivity contribution in [1.29, 1.82) is 0 Å². The Balaban J connectivity index is 1.44. The molecule has 174 valence electrons. The van der Waals surface area contributed by atoms with Gasteiger partial charge in [-0.1, -0.05) is 45.7 Å². The Kier molecular flexibility index (Phi) is 7.92. The quantitative estimate of drug-likeness (QED) is 0.168. The minimum Gasteiger partial charge on any atom is -0.490 e. The third kappa shape index (κ3) is 5.81. The second-order valence-electron chi connectivity index (χ2n) is 7.14. The van der Waals surface area contributed by atoms with Crippen molar-refractivity contribution in [2.24, 2.45) is 5.10 Å². The van der Waals surface area contributed by atoms with Crippen LogP contribution in [-0.2, 0) is 6.61 Å². The number of halogens is 3. The maximum absolute atomic E-state index is 12.5. The molecule has 4 aromatic rings. The number of hydrogen-bond donors (Lipinski definition) is 1. The predicted molar refractivity (Wildman–Crippen MR) is 140 cm³/mol. The van der Waals surface area contributed by atoms with E-state index in [0.717, 1.165) is 25.5 Å². The van der Waals surface area contributed by atoms with E-state index < -0.39 is 5.91 Å². The van der Waals surface area contributed by atoms with E-state index >= 15 is 0 Å². The standard InChI is InChI=1S/C25H19Br2ClN2O4/c1-2-32-22-9-15(7-8-21(22)33-14-16-5-3-4-6-20(16)28)13-29-30-25(31)23-11-17-10-18(26)12-19(27)24(17)34-23/h3-13H,2,14H2,1H3,(H,30,31)/b29-13-. The maximum Gasteiger partial charge on any atom is 0.307 e. The Hall–Kier alpha value is -2.81. The van der Waals surface area contributed by atoms with E-state index in [1.807, 2.05) is 49.4 Å². The van der Waals surface area contributed by atoms with E-state index in [-0.39, 0.29) is 5.76 Å². The molecule has 1 amide bonds. The highest BCUT2D eigenvalue weighted by Gasteiger charge is 2.14. The second-order valence-corrected chi connectivity index (χ2v) is 9.31. The zero-order valence-electron chi connectivity index (χ0n) is 18.0. The van der Waals surface area contributed by atoms with E-state index in [9.17, 15) is 4.79 Å². The first kappa shape index (κ1) is 24.3. The van der Waals surface area contributed by atoms with Crippen molar-refractivity contribution >= 4 is 66.6 Å². The maximum atomic E-state index is 12.5. The molecular weight excluding hydrogens is 588 g/mol. The molecule has 1 aromatic heterocycles. The molecule has 1 heterocycles. The fourth-order valence-electron chi connectivity index (χ4n) is 3.17. The number of fused-ring (bicyclic) bond motifs is 1. The van der Waals surface area contributed by atoms with Crippen LogP contribution in [0.25, 0.3) is 11.0 Å². The third-order valence-corrected chi connectivity index (χ3v) is 6.16. The van der Waals surface area contributed by atoms with E-state index in [1.54, 1.807) is 18.2 Å². The average molecular weight is 607 g/mol. The monoisotopic (exact) mass is 604 g/mol. The molecular formula is C25H19Br2ClN2O4. The molecule has 0 aliphatic rings. The molecule has 9 heteroatoms. The number of amides is 1. The highest BCUT2D eigenvalue weighted by molar-refractivity contribution is 9.11. The van der Waals surface area contributed by atoms with Gasteiger partial charge in [0, 0.05) is 20.4 Å². The number of rotatable bonds is 8. The fraction of sp³-hybridized carbons (Fsp3) is 0.120. The van der Waals surface area contributed by atoms with E-state index in [1.165, 1.54) is 6.21 Å². The first-order chi connectivity index (χ1) is 16.4. The molecule has 0 spiro atoms. The number of nitrogens with zero attached hydrogens (tertiary/aromatic N) is 1. The van der Waals surface area contributed by atoms with Crippen molar-refractivity contribution in [3.63, 3.8) is 0 Å². The molecule has 3 aromatic carbocycles. The summed E-state index contributed by atoms with van der Waals surface area (Å²) in [4.78, 5) is 12.5. The van der Waals surface area contributed by atoms with Gasteiger partial charge in [0.15, 0.2) is 17.3 Å². The Bertz CT molecular complexity index is 1370. The molecule has 4 rings (SSSR count). The van der Waals surface area contributed by atoms with Gasteiger partial charge in [-0.2, -0.15) is 5.10 Å². The zero-order valence-corrected chi connectivity index (χ0v) is 21.9. The van der Waals surface area contributed by atoms with Crippen LogP contribution in [0, 0.1) is 0 Å². The number of hydrazone groups is 1. The smallest absolute Gasteiger partial charge is 0.307 e. The second kappa shape index (κ2) is 11.1. The topological polar surface area (TPSA) is 73.1 Å². The van der Waals surface area contributed by atoms with Crippen LogP contribution < -0.4 is 14.9 Å². The molecule has 1 N–H and O–H groups in total. The van der Waals surface area contributed by atoms with Gasteiger partial charge in [0.2, 0.25) is 0 Å². The highest BCUT2D eigenvalue weighted by Crippen LogP contribution is 2.31. The fourth-order valence-corrected chi connectivity index (χ4v) is 4.70. The van der Waals surface area contributed by atoms with Crippen molar-refractivity contribution in [3.05, 3.63) is 91.5 Å². The van der Waals surface area contributed by atoms with Crippen molar-refractivity contribution in [1.82, 2.24) is 5.43 Å². The molecule has 0 bridgehead atoms. The first-order valence-corrected chi connectivity index (χ1v) is 12.3. The highest BCUT2D eigenvalue weighted by atomic mass is 79.9. The number of benzene rings is 3. The summed E-state index contributed by atoms with van der Waals surface area (Å²) >= 11 is 13.1. The SMILES string of the molecule is CCOc1cc(/C=N\NC(=O)c2cc3cc(Br)cc(Br)c3o2)ccc1OCc1ccccc1Cl. The van der Waals surface area contributed by atoms with Gasteiger partial charge in [-0.25, -0.2) is 5.43 Å². The number of carbonyl (C=O) groups excluding carboxylic acids is 1. The molecule has 0 saturated carbocycles. The normalized spacial score (nSPS) is 11.2. The van der Waals surface area contributed by atoms with E-state index in [0.29, 0.717) is 35.3 Å². The molecule has 0 aliphatic heterocycles. The average Bonchev–Trinajstić information content (AvgIpc) is 3.24. The summed E-state index contributed by atoms with van der Waals surface area (Å²) in [6.45, 7) is 2.67. The summed E-state index contributed by atoms with van der Waals surface area (Å²) in [6, 6.07) is 18.3. The molecule has 0 radical (unpaired) electrons. The first-order valence-electron chi connectivity index (χ1n) is 10.3. The number of ether oxygens (including phenoxy) is 2. The third-order valence-electron chi connectivity index (χ3n) is 4.75. The summed E-state index contributed by atoms with van der Waals surface area (Å²) in [5.74, 6) is 0.851. The lowest BCUT2D eigenvalue weighted by molar-refractivity contribution is 0.0929. The van der Waals surface area contributed by atoms with Crippen LogP contribution in [0.3, 0.4) is 0 Å². The van der Waals surface area contributed by atoms with Crippen LogP contribution in [0.4, 0.5) is 0 Å². The molecule has 0 aliphatic carbocycles. The molecule has 34 heavy (non-hydrogen) atoms. The lowest BCUT2D eigenvalue weighted by Gasteiger charge is -2.13. The summed E-state index contributed by atoms with van der Waals surface area (Å²) in [7, 11) is 0. The van der Waals surface area contributed by atoms with Gasteiger partial charge in [0.25, 0.3) is 0 Å². The lowest BCUT2D eigenvalue weighted by Crippen LogP contribution is -2.16. The van der Waals surface area contributed by atoms with Gasteiger partial charge in [-0.3, -0.25) is 4.79 Å². The molecule has 6 nitrogen and oxygen atoms in total. The summed E-state index contributed by atoms with van der Waals surface area (Å²) < 4.78 is 18.9. The Morgan fingerprint density at radius 3 is 2.71 bits per heavy atom. The van der Waals surface area contributed by atoms with Gasteiger partial charge >= 0.3 is 5.91 Å². The minimum absolute atomic E-state index is 0.157. The lowest BCUT2D eigenvalue weighted by atomic mass is 10.2. The molecule has 0 fully saturated rings. The van der Waals surface area contributed by atoms with Crippen LogP contribution in [0.1, 0.15) is 28.6 Å². The van der Waals surface area contributed by atoms with E-state index in [4.69, 9.17) is 25.5 Å². The minimum atomic E-state index is -0.458.